The molecule has 0 heterocycles. The molecule has 0 rings (SSSR count). The number of aliphatic carboxylic acids is 2. The van der Waals surface area contributed by atoms with E-state index in [2.05, 4.69) is 20.8 Å². The minimum atomic E-state index is -1.31. The van der Waals surface area contributed by atoms with E-state index in [4.69, 9.17) is 10.2 Å². The predicted octanol–water partition coefficient (Wildman–Crippen LogP) is 3.36. The van der Waals surface area contributed by atoms with E-state index in [1.54, 1.807) is 0 Å². The SMILES string of the molecule is CCCCCCC([CH2][Na])C(C)C.O=C(O)CC(=O)O. The van der Waals surface area contributed by atoms with Crippen LogP contribution in [-0.2, 0) is 9.59 Å². The molecule has 1 unspecified atom stereocenters. The van der Waals surface area contributed by atoms with Gasteiger partial charge in [-0.05, 0) is 0 Å². The van der Waals surface area contributed by atoms with Gasteiger partial charge in [0.1, 0.15) is 6.42 Å². The summed E-state index contributed by atoms with van der Waals surface area (Å²) < 4.78 is 1.50. The number of rotatable bonds is 9. The van der Waals surface area contributed by atoms with Crippen molar-refractivity contribution in [2.75, 3.05) is 0 Å². The van der Waals surface area contributed by atoms with Gasteiger partial charge >= 0.3 is 108 Å². The van der Waals surface area contributed by atoms with E-state index >= 15 is 0 Å². The minimum absolute atomic E-state index is 0.806. The molecule has 1 atom stereocenters. The van der Waals surface area contributed by atoms with Crippen LogP contribution in [0.4, 0.5) is 0 Å². The van der Waals surface area contributed by atoms with Gasteiger partial charge in [0.15, 0.2) is 0 Å². The van der Waals surface area contributed by atoms with Crippen molar-refractivity contribution < 1.29 is 19.8 Å². The molecule has 0 bridgehead atoms. The summed E-state index contributed by atoms with van der Waals surface area (Å²) in [5.74, 6) is -0.669. The summed E-state index contributed by atoms with van der Waals surface area (Å²) in [5.41, 5.74) is 0. The Morgan fingerprint density at radius 2 is 1.58 bits per heavy atom. The van der Waals surface area contributed by atoms with Gasteiger partial charge in [-0.3, -0.25) is 9.59 Å². The van der Waals surface area contributed by atoms with Crippen LogP contribution >= 0.6 is 0 Å². The fourth-order valence-corrected chi connectivity index (χ4v) is 3.32. The van der Waals surface area contributed by atoms with Crippen LogP contribution in [0.15, 0.2) is 0 Å². The second-order valence-corrected chi connectivity index (χ2v) is 6.04. The van der Waals surface area contributed by atoms with E-state index < -0.39 is 18.4 Å². The summed E-state index contributed by atoms with van der Waals surface area (Å²) in [6.45, 7) is 7.04. The van der Waals surface area contributed by atoms with Gasteiger partial charge in [0.25, 0.3) is 0 Å². The average molecular weight is 282 g/mol. The molecule has 0 aromatic rings. The molecule has 5 heteroatoms. The topological polar surface area (TPSA) is 74.6 Å². The van der Waals surface area contributed by atoms with E-state index in [0.717, 1.165) is 11.8 Å². The van der Waals surface area contributed by atoms with Gasteiger partial charge in [0, 0.05) is 0 Å². The number of unbranched alkanes of at least 4 members (excludes halogenated alkanes) is 3. The van der Waals surface area contributed by atoms with Crippen molar-refractivity contribution in [3.8, 4) is 0 Å². The standard InChI is InChI=1S/C11H23.C3H4O4.Na/c1-5-6-7-8-9-11(4)10(2)3;4-2(5)1-3(6)7;/h10-11H,4-9H2,1-3H3;1H2,(H,4,5)(H,6,7);. The molecule has 0 saturated carbocycles. The molecule has 0 aliphatic rings. The Balaban J connectivity index is 0. The summed E-state index contributed by atoms with van der Waals surface area (Å²) in [6, 6.07) is 0. The van der Waals surface area contributed by atoms with E-state index in [0.29, 0.717) is 0 Å². The van der Waals surface area contributed by atoms with Gasteiger partial charge in [0.05, 0.1) is 0 Å². The van der Waals surface area contributed by atoms with Crippen LogP contribution in [-0.4, -0.2) is 50.1 Å². The van der Waals surface area contributed by atoms with Gasteiger partial charge in [-0.2, -0.15) is 0 Å². The quantitative estimate of drug-likeness (QED) is 0.386. The van der Waals surface area contributed by atoms with Gasteiger partial charge in [-0.15, -0.1) is 0 Å². The maximum atomic E-state index is 9.43. The molecule has 0 aromatic heterocycles. The average Bonchev–Trinajstić information content (AvgIpc) is 2.27. The first-order valence-corrected chi connectivity index (χ1v) is 8.70. The molecule has 0 aliphatic heterocycles. The normalized spacial score (nSPS) is 11.7. The molecular weight excluding hydrogens is 255 g/mol. The molecule has 4 nitrogen and oxygen atoms in total. The van der Waals surface area contributed by atoms with Gasteiger partial charge in [0.2, 0.25) is 0 Å². The van der Waals surface area contributed by atoms with E-state index in [1.165, 1.54) is 63.7 Å². The number of carboxylic acid groups (broad SMARTS) is 2. The molecule has 0 amide bonds. The Morgan fingerprint density at radius 1 is 1.05 bits per heavy atom. The first-order chi connectivity index (χ1) is 8.84. The fourth-order valence-electron chi connectivity index (χ4n) is 1.97. The Labute approximate surface area is 134 Å². The van der Waals surface area contributed by atoms with E-state index in [-0.39, 0.29) is 0 Å². The number of hydrogen-bond donors (Lipinski definition) is 2. The summed E-state index contributed by atoms with van der Waals surface area (Å²) in [5, 5.41) is 15.4. The summed E-state index contributed by atoms with van der Waals surface area (Å²) in [6.07, 6.45) is 6.42. The van der Waals surface area contributed by atoms with Crippen molar-refractivity contribution in [3.05, 3.63) is 0 Å². The minimum Gasteiger partial charge on any atom is -0.481 e. The monoisotopic (exact) mass is 282 g/mol. The maximum absolute atomic E-state index is 9.43. The Bertz CT molecular complexity index is 230. The fraction of sp³-hybridized carbons (Fsp3) is 0.857. The molecular formula is C14H27NaO4. The van der Waals surface area contributed by atoms with E-state index in [9.17, 15) is 9.59 Å². The molecule has 0 spiro atoms. The molecule has 0 fully saturated rings. The first kappa shape index (κ1) is 21.2. The first-order valence-electron chi connectivity index (χ1n) is 7.28. The summed E-state index contributed by atoms with van der Waals surface area (Å²) >= 11 is 1.39. The summed E-state index contributed by atoms with van der Waals surface area (Å²) in [4.78, 5) is 18.9. The summed E-state index contributed by atoms with van der Waals surface area (Å²) in [7, 11) is 0. The van der Waals surface area contributed by atoms with Gasteiger partial charge < -0.3 is 10.2 Å². The number of carbonyl (C=O) groups is 2. The zero-order chi connectivity index (χ0) is 15.3. The van der Waals surface area contributed by atoms with Crippen molar-refractivity contribution in [2.45, 2.75) is 63.0 Å². The molecule has 2 N–H and O–H groups in total. The van der Waals surface area contributed by atoms with Crippen molar-refractivity contribution in [3.63, 3.8) is 0 Å². The van der Waals surface area contributed by atoms with Crippen molar-refractivity contribution in [2.24, 2.45) is 11.8 Å². The van der Waals surface area contributed by atoms with Crippen LogP contribution < -0.4 is 0 Å². The third-order valence-electron chi connectivity index (χ3n) is 3.20. The third-order valence-corrected chi connectivity index (χ3v) is 4.25. The van der Waals surface area contributed by atoms with Crippen molar-refractivity contribution in [1.29, 1.82) is 0 Å². The molecule has 0 radical (unpaired) electrons. The van der Waals surface area contributed by atoms with Gasteiger partial charge in [-0.25, -0.2) is 0 Å². The zero-order valence-corrected chi connectivity index (χ0v) is 14.8. The molecule has 0 saturated heterocycles. The second-order valence-electron chi connectivity index (χ2n) is 5.23. The maximum Gasteiger partial charge on any atom is 0.314 e. The predicted molar refractivity (Wildman–Crippen MR) is 77.5 cm³/mol. The van der Waals surface area contributed by atoms with Crippen molar-refractivity contribution in [1.82, 2.24) is 0 Å². The van der Waals surface area contributed by atoms with Gasteiger partial charge in [-0.1, -0.05) is 0 Å². The van der Waals surface area contributed by atoms with Crippen molar-refractivity contribution >= 4 is 39.9 Å². The molecule has 0 aromatic carbocycles. The molecule has 0 aliphatic carbocycles. The third kappa shape index (κ3) is 17.9. The second kappa shape index (κ2) is 14.4. The molecule has 19 heavy (non-hydrogen) atoms. The number of carboxylic acids is 2. The van der Waals surface area contributed by atoms with Crippen LogP contribution in [0.25, 0.3) is 0 Å². The Hall–Kier alpha value is -0.0600. The zero-order valence-electron chi connectivity index (χ0n) is 12.8. The van der Waals surface area contributed by atoms with E-state index in [1.807, 2.05) is 0 Å². The van der Waals surface area contributed by atoms with Crippen LogP contribution in [0.1, 0.15) is 59.3 Å². The van der Waals surface area contributed by atoms with Crippen LogP contribution in [0, 0.1) is 11.8 Å². The van der Waals surface area contributed by atoms with Crippen LogP contribution in [0.2, 0.25) is 3.67 Å². The Morgan fingerprint density at radius 3 is 1.84 bits per heavy atom. The van der Waals surface area contributed by atoms with Crippen LogP contribution in [0.3, 0.4) is 0 Å². The van der Waals surface area contributed by atoms with Crippen LogP contribution in [0.5, 0.6) is 0 Å². The largest absolute Gasteiger partial charge is 0.481 e. The number of hydrogen-bond acceptors (Lipinski definition) is 2. The molecule has 108 valence electrons. The Kier molecular flexibility index (Phi) is 16.0. The smallest absolute Gasteiger partial charge is 0.314 e.